The molecule has 37 heavy (non-hydrogen) atoms. The molecule has 3 fully saturated rings. The zero-order chi connectivity index (χ0) is 25.4. The van der Waals surface area contributed by atoms with Crippen molar-refractivity contribution in [2.24, 2.45) is 29.6 Å². The monoisotopic (exact) mass is 533 g/mol. The Morgan fingerprint density at radius 2 is 1.70 bits per heavy atom. The molecular formula is C27H23N3O5S2. The predicted octanol–water partition coefficient (Wildman–Crippen LogP) is 3.25. The number of likely N-dealkylation sites (tertiary alicyclic amines) is 1. The second-order valence-electron chi connectivity index (χ2n) is 10.2. The maximum absolute atomic E-state index is 13.6. The van der Waals surface area contributed by atoms with Crippen LogP contribution in [0.5, 0.6) is 5.75 Å². The Balaban J connectivity index is 1.18. The molecule has 2 bridgehead atoms. The number of hydrogen-bond acceptors (Lipinski definition) is 7. The molecule has 3 N–H and O–H groups in total. The van der Waals surface area contributed by atoms with E-state index < -0.39 is 17.7 Å². The molecular weight excluding hydrogens is 510 g/mol. The van der Waals surface area contributed by atoms with E-state index >= 15 is 0 Å². The molecule has 7 rings (SSSR count). The van der Waals surface area contributed by atoms with Crippen LogP contribution in [-0.4, -0.2) is 44.5 Å². The van der Waals surface area contributed by atoms with E-state index in [4.69, 9.17) is 0 Å². The fourth-order valence-corrected chi connectivity index (χ4v) is 10.0. The van der Waals surface area contributed by atoms with Gasteiger partial charge in [-0.05, 0) is 54.0 Å². The van der Waals surface area contributed by atoms with Gasteiger partial charge in [0.15, 0.2) is 0 Å². The van der Waals surface area contributed by atoms with Crippen molar-refractivity contribution in [3.8, 4) is 5.75 Å². The van der Waals surface area contributed by atoms with Gasteiger partial charge in [0.25, 0.3) is 0 Å². The summed E-state index contributed by atoms with van der Waals surface area (Å²) in [5.41, 5.74) is 1.61. The summed E-state index contributed by atoms with van der Waals surface area (Å²) in [5, 5.41) is 13.2. The van der Waals surface area contributed by atoms with Crippen LogP contribution in [0, 0.1) is 29.6 Å². The van der Waals surface area contributed by atoms with Crippen molar-refractivity contribution >= 4 is 46.5 Å². The van der Waals surface area contributed by atoms with Crippen molar-refractivity contribution in [1.29, 1.82) is 0 Å². The van der Waals surface area contributed by atoms with Crippen molar-refractivity contribution in [3.63, 3.8) is 0 Å². The molecule has 10 heteroatoms. The van der Waals surface area contributed by atoms with Gasteiger partial charge < -0.3 is 15.4 Å². The number of benzene rings is 2. The Labute approximate surface area is 220 Å². The third kappa shape index (κ3) is 3.42. The summed E-state index contributed by atoms with van der Waals surface area (Å²) in [5.74, 6) is -1.56. The molecule has 0 spiro atoms. The van der Waals surface area contributed by atoms with E-state index in [1.165, 1.54) is 23.5 Å². The third-order valence-electron chi connectivity index (χ3n) is 8.43. The van der Waals surface area contributed by atoms with E-state index in [1.807, 2.05) is 18.2 Å². The average Bonchev–Trinajstić information content (AvgIpc) is 3.62. The highest BCUT2D eigenvalue weighted by Gasteiger charge is 2.69. The Hall–Kier alpha value is -3.37. The molecule has 2 saturated carbocycles. The number of fused-ring (bicyclic) bond motifs is 9. The molecule has 6 unspecified atom stereocenters. The number of carbonyl (C=O) groups excluding carboxylic acids is 3. The smallest absolute Gasteiger partial charge is 0.305 e. The third-order valence-corrected chi connectivity index (χ3v) is 11.0. The van der Waals surface area contributed by atoms with E-state index in [1.54, 1.807) is 23.9 Å². The number of thiazole rings is 1. The molecule has 2 aliphatic heterocycles. The molecule has 2 aliphatic carbocycles. The number of H-pyrrole nitrogens is 1. The molecule has 7 atom stereocenters. The van der Waals surface area contributed by atoms with Gasteiger partial charge in [-0.3, -0.25) is 24.1 Å². The van der Waals surface area contributed by atoms with Gasteiger partial charge in [-0.15, -0.1) is 11.8 Å². The van der Waals surface area contributed by atoms with Crippen molar-refractivity contribution in [2.45, 2.75) is 22.6 Å². The second-order valence-corrected chi connectivity index (χ2v) is 12.4. The number of phenolic OH excluding ortho intramolecular Hbond substituents is 1. The normalized spacial score (nSPS) is 31.2. The number of nitrogens with zero attached hydrogens (tertiary/aromatic N) is 1. The van der Waals surface area contributed by atoms with Crippen molar-refractivity contribution < 1.29 is 19.5 Å². The van der Waals surface area contributed by atoms with E-state index in [9.17, 15) is 24.3 Å². The van der Waals surface area contributed by atoms with Crippen LogP contribution in [0.25, 0.3) is 0 Å². The highest BCUT2D eigenvalue weighted by atomic mass is 32.2. The van der Waals surface area contributed by atoms with Gasteiger partial charge in [-0.1, -0.05) is 41.7 Å². The number of carbonyl (C=O) groups is 3. The summed E-state index contributed by atoms with van der Waals surface area (Å²) < 4.78 is 0. The first-order valence-electron chi connectivity index (χ1n) is 12.3. The van der Waals surface area contributed by atoms with Gasteiger partial charge in [0.05, 0.1) is 16.9 Å². The highest BCUT2D eigenvalue weighted by Crippen LogP contribution is 2.68. The van der Waals surface area contributed by atoms with Crippen LogP contribution in [0.1, 0.15) is 22.8 Å². The first-order chi connectivity index (χ1) is 17.9. The Bertz CT molecular complexity index is 1480. The van der Waals surface area contributed by atoms with Gasteiger partial charge in [-0.2, -0.15) is 0 Å². The number of rotatable bonds is 4. The first kappa shape index (κ1) is 22.8. The zero-order valence-electron chi connectivity index (χ0n) is 19.5. The number of amides is 3. The number of thioether (sulfide) groups is 1. The van der Waals surface area contributed by atoms with Crippen LogP contribution in [0.15, 0.2) is 64.4 Å². The van der Waals surface area contributed by atoms with E-state index in [2.05, 4.69) is 22.4 Å². The van der Waals surface area contributed by atoms with Gasteiger partial charge in [0.1, 0.15) is 12.3 Å². The van der Waals surface area contributed by atoms with Crippen molar-refractivity contribution in [2.75, 3.05) is 11.9 Å². The Kier molecular flexibility index (Phi) is 5.13. The molecule has 1 aromatic heterocycles. The number of phenols is 1. The van der Waals surface area contributed by atoms with Crippen LogP contribution < -0.4 is 10.2 Å². The summed E-state index contributed by atoms with van der Waals surface area (Å²) in [4.78, 5) is 57.3. The summed E-state index contributed by atoms with van der Waals surface area (Å²) in [6.07, 6.45) is 0.811. The number of aromatic amines is 1. The lowest BCUT2D eigenvalue weighted by Crippen LogP contribution is -2.42. The molecule has 0 radical (unpaired) electrons. The summed E-state index contributed by atoms with van der Waals surface area (Å²) >= 11 is 2.90. The van der Waals surface area contributed by atoms with Crippen LogP contribution >= 0.6 is 23.1 Å². The number of anilines is 1. The number of aromatic nitrogens is 1. The zero-order valence-corrected chi connectivity index (χ0v) is 21.1. The van der Waals surface area contributed by atoms with Crippen molar-refractivity contribution in [3.05, 3.63) is 74.7 Å². The molecule has 188 valence electrons. The quantitative estimate of drug-likeness (QED) is 0.350. The number of hydrogen-bond donors (Lipinski definition) is 3. The lowest BCUT2D eigenvalue weighted by Gasteiger charge is -2.43. The molecule has 3 heterocycles. The van der Waals surface area contributed by atoms with Crippen LogP contribution in [0.3, 0.4) is 0 Å². The lowest BCUT2D eigenvalue weighted by molar-refractivity contribution is -0.143. The minimum atomic E-state index is -0.451. The van der Waals surface area contributed by atoms with Crippen molar-refractivity contribution in [1.82, 2.24) is 9.88 Å². The Morgan fingerprint density at radius 3 is 2.43 bits per heavy atom. The van der Waals surface area contributed by atoms with E-state index in [0.717, 1.165) is 26.8 Å². The lowest BCUT2D eigenvalue weighted by atomic mass is 9.68. The van der Waals surface area contributed by atoms with Gasteiger partial charge >= 0.3 is 4.87 Å². The minimum Gasteiger partial charge on any atom is -0.508 e. The maximum Gasteiger partial charge on any atom is 0.305 e. The van der Waals surface area contributed by atoms with E-state index in [-0.39, 0.29) is 57.9 Å². The van der Waals surface area contributed by atoms with Crippen LogP contribution in [-0.2, 0) is 14.4 Å². The van der Waals surface area contributed by atoms with Gasteiger partial charge in [-0.25, -0.2) is 0 Å². The minimum absolute atomic E-state index is 0.00269. The number of imide groups is 1. The average molecular weight is 534 g/mol. The molecule has 3 amide bonds. The molecule has 2 aromatic carbocycles. The topological polar surface area (TPSA) is 120 Å². The van der Waals surface area contributed by atoms with Crippen LogP contribution in [0.2, 0.25) is 0 Å². The number of nitrogens with one attached hydrogen (secondary N) is 2. The van der Waals surface area contributed by atoms with Crippen LogP contribution in [0.4, 0.5) is 5.69 Å². The maximum atomic E-state index is 13.6. The summed E-state index contributed by atoms with van der Waals surface area (Å²) in [6, 6.07) is 16.2. The molecule has 3 aromatic rings. The molecule has 4 aliphatic rings. The second kappa shape index (κ2) is 8.32. The van der Waals surface area contributed by atoms with E-state index in [0.29, 0.717) is 5.69 Å². The highest BCUT2D eigenvalue weighted by molar-refractivity contribution is 8.00. The Morgan fingerprint density at radius 1 is 1.00 bits per heavy atom. The number of aromatic hydroxyl groups is 1. The largest absolute Gasteiger partial charge is 0.508 e. The first-order valence-corrected chi connectivity index (χ1v) is 14.0. The summed E-state index contributed by atoms with van der Waals surface area (Å²) in [6.45, 7) is -0.323. The fraction of sp³-hybridized carbons (Fsp3) is 0.333. The van der Waals surface area contributed by atoms with Gasteiger partial charge in [0, 0.05) is 21.7 Å². The SMILES string of the molecule is O=C(CN1C(=O)C2C3CC(C2C1=O)C1C3Sc2[nH]c(=O)sc2[C@@H]1c1ccccc1)Nc1ccc(O)cc1. The molecule has 8 nitrogen and oxygen atoms in total. The fourth-order valence-electron chi connectivity index (χ4n) is 7.16. The summed E-state index contributed by atoms with van der Waals surface area (Å²) in [7, 11) is 0. The van der Waals surface area contributed by atoms with Gasteiger partial charge in [0.2, 0.25) is 17.7 Å². The standard InChI is InChI=1S/C27H23N3O5S2/c31-14-8-6-13(7-9-14)28-17(32)11-30-25(33)20-15-10-16(21(20)26(30)34)22-19(15)18(12-4-2-1-3-5-12)23-24(36-22)29-27(35)37-23/h1-9,15-16,18-22,31H,10-11H2,(H,28,32)(H,29,35)/t15?,16?,18-,19?,20?,21?,22?/m1/s1. The predicted molar refractivity (Wildman–Crippen MR) is 138 cm³/mol. The molecule has 1 saturated heterocycles.